The van der Waals surface area contributed by atoms with Crippen molar-refractivity contribution in [1.29, 1.82) is 0 Å². The van der Waals surface area contributed by atoms with Gasteiger partial charge >= 0.3 is 6.09 Å². The molecule has 2 amide bonds. The van der Waals surface area contributed by atoms with Gasteiger partial charge in [-0.3, -0.25) is 20.3 Å². The first-order chi connectivity index (χ1) is 20.4. The van der Waals surface area contributed by atoms with Crippen LogP contribution in [0.4, 0.5) is 4.79 Å². The number of carbonyl (C=O) groups excluding carboxylic acids is 2. The third-order valence-corrected chi connectivity index (χ3v) is 9.90. The summed E-state index contributed by atoms with van der Waals surface area (Å²) >= 11 is 0. The Hall–Kier alpha value is -1.58. The molecule has 0 aromatic carbocycles. The third kappa shape index (κ3) is 8.12. The average Bonchev–Trinajstić information content (AvgIpc) is 3.56. The van der Waals surface area contributed by atoms with Gasteiger partial charge in [-0.15, -0.1) is 0 Å². The number of nitrogens with zero attached hydrogens (tertiary/aromatic N) is 2. The van der Waals surface area contributed by atoms with Gasteiger partial charge in [0.1, 0.15) is 6.23 Å². The van der Waals surface area contributed by atoms with Crippen molar-refractivity contribution in [2.24, 2.45) is 17.8 Å². The van der Waals surface area contributed by atoms with Crippen LogP contribution >= 0.6 is 0 Å². The van der Waals surface area contributed by atoms with Gasteiger partial charge in [-0.25, -0.2) is 4.79 Å². The van der Waals surface area contributed by atoms with Gasteiger partial charge in [0.25, 0.3) is 0 Å². The Bertz CT molecular complexity index is 871. The molecule has 0 aromatic heterocycles. The van der Waals surface area contributed by atoms with Crippen molar-refractivity contribution in [1.82, 2.24) is 31.1 Å². The molecule has 4 saturated heterocycles. The van der Waals surface area contributed by atoms with E-state index in [2.05, 4.69) is 26.2 Å². The number of fused-ring (bicyclic) bond motifs is 1. The fraction of sp³-hybridized carbons (Fsp3) is 0.931. The fourth-order valence-corrected chi connectivity index (χ4v) is 7.41. The molecule has 5 N–H and O–H groups in total. The highest BCUT2D eigenvalue weighted by Gasteiger charge is 2.40. The molecule has 5 rings (SSSR count). The predicted octanol–water partition coefficient (Wildman–Crippen LogP) is -0.355. The van der Waals surface area contributed by atoms with Gasteiger partial charge in [0.2, 0.25) is 5.91 Å². The number of piperazine rings is 1. The van der Waals surface area contributed by atoms with E-state index < -0.39 is 12.3 Å². The van der Waals surface area contributed by atoms with E-state index in [0.29, 0.717) is 51.3 Å². The molecule has 7 unspecified atom stereocenters. The standard InChI is InChI=1S/C29H52N6O7/c1-3-40-28-23(6-7-26(33-28)34-8-10-35(11-9-34)29(38)39-2)27(37)32-16-25(36)24-13-19-4-5-21(12-20(19)14-31-24)41-17-22-15-30-18-42-22/h19-26,28,30-31,33,36H,3-18H2,1-2H3,(H,32,37)/t19?,20?,21?,22?,23?,24-,25+,26?,28?/m0/s1. The highest BCUT2D eigenvalue weighted by Crippen LogP contribution is 2.37. The van der Waals surface area contributed by atoms with Crippen molar-refractivity contribution >= 4 is 12.0 Å². The Morgan fingerprint density at radius 3 is 2.62 bits per heavy atom. The van der Waals surface area contributed by atoms with Crippen molar-refractivity contribution in [2.75, 3.05) is 72.9 Å². The van der Waals surface area contributed by atoms with Crippen molar-refractivity contribution in [2.45, 2.75) is 82.2 Å². The number of hydrogen-bond donors (Lipinski definition) is 5. The topological polar surface area (TPSA) is 146 Å². The quantitative estimate of drug-likeness (QED) is 0.226. The zero-order chi connectivity index (χ0) is 29.5. The Balaban J connectivity index is 1.03. The first kappa shape index (κ1) is 31.8. The number of aliphatic hydroxyl groups is 1. The zero-order valence-electron chi connectivity index (χ0n) is 25.3. The number of methoxy groups -OCH3 is 1. The lowest BCUT2D eigenvalue weighted by atomic mass is 9.72. The molecule has 5 fully saturated rings. The molecule has 13 heteroatoms. The Kier molecular flexibility index (Phi) is 11.7. The van der Waals surface area contributed by atoms with E-state index in [1.807, 2.05) is 6.92 Å². The molecule has 13 nitrogen and oxygen atoms in total. The van der Waals surface area contributed by atoms with Crippen molar-refractivity contribution < 1.29 is 33.6 Å². The van der Waals surface area contributed by atoms with Crippen LogP contribution in [0.3, 0.4) is 0 Å². The third-order valence-electron chi connectivity index (χ3n) is 9.90. The van der Waals surface area contributed by atoms with E-state index in [1.54, 1.807) is 4.90 Å². The number of hydrogen-bond acceptors (Lipinski definition) is 11. The molecule has 0 radical (unpaired) electrons. The minimum atomic E-state index is -0.642. The molecule has 5 aliphatic rings. The second-order valence-electron chi connectivity index (χ2n) is 12.5. The summed E-state index contributed by atoms with van der Waals surface area (Å²) in [6.07, 6.45) is 4.83. The smallest absolute Gasteiger partial charge is 0.409 e. The fourth-order valence-electron chi connectivity index (χ4n) is 7.41. The molecular formula is C29H52N6O7. The van der Waals surface area contributed by atoms with Gasteiger partial charge in [-0.2, -0.15) is 0 Å². The summed E-state index contributed by atoms with van der Waals surface area (Å²) in [4.78, 5) is 29.1. The normalized spacial score (nSPS) is 36.7. The lowest BCUT2D eigenvalue weighted by Gasteiger charge is -2.44. The molecule has 0 aromatic rings. The summed E-state index contributed by atoms with van der Waals surface area (Å²) < 4.78 is 22.6. The second-order valence-corrected chi connectivity index (χ2v) is 12.5. The molecule has 0 spiro atoms. The molecular weight excluding hydrogens is 544 g/mol. The lowest BCUT2D eigenvalue weighted by molar-refractivity contribution is -0.137. The van der Waals surface area contributed by atoms with Crippen LogP contribution in [-0.2, 0) is 23.7 Å². The number of carbonyl (C=O) groups is 2. The number of amides is 2. The average molecular weight is 597 g/mol. The van der Waals surface area contributed by atoms with Crippen LogP contribution < -0.4 is 21.3 Å². The summed E-state index contributed by atoms with van der Waals surface area (Å²) in [6.45, 7) is 8.37. The van der Waals surface area contributed by atoms with Gasteiger partial charge in [0.15, 0.2) is 0 Å². The molecule has 1 saturated carbocycles. The van der Waals surface area contributed by atoms with Gasteiger partial charge < -0.3 is 39.6 Å². The molecule has 0 bridgehead atoms. The first-order valence-electron chi connectivity index (χ1n) is 16.0. The number of piperidine rings is 2. The summed E-state index contributed by atoms with van der Waals surface area (Å²) in [5.74, 6) is 0.721. The van der Waals surface area contributed by atoms with E-state index in [4.69, 9.17) is 18.9 Å². The van der Waals surface area contributed by atoms with Crippen molar-refractivity contribution in [3.8, 4) is 0 Å². The maximum atomic E-state index is 13.3. The van der Waals surface area contributed by atoms with Gasteiger partial charge in [0.05, 0.1) is 50.8 Å². The van der Waals surface area contributed by atoms with E-state index in [1.165, 1.54) is 7.11 Å². The van der Waals surface area contributed by atoms with Crippen LogP contribution in [0.2, 0.25) is 0 Å². The van der Waals surface area contributed by atoms with E-state index in [-0.39, 0.29) is 48.9 Å². The summed E-state index contributed by atoms with van der Waals surface area (Å²) in [7, 11) is 1.41. The summed E-state index contributed by atoms with van der Waals surface area (Å²) in [5.41, 5.74) is 0. The van der Waals surface area contributed by atoms with E-state index in [9.17, 15) is 14.7 Å². The van der Waals surface area contributed by atoms with Crippen LogP contribution in [0, 0.1) is 17.8 Å². The second kappa shape index (κ2) is 15.4. The minimum Gasteiger partial charge on any atom is -0.453 e. The van der Waals surface area contributed by atoms with Gasteiger partial charge in [-0.1, -0.05) is 0 Å². The molecule has 4 aliphatic heterocycles. The Morgan fingerprint density at radius 2 is 1.88 bits per heavy atom. The molecule has 9 atom stereocenters. The van der Waals surface area contributed by atoms with Gasteiger partial charge in [0, 0.05) is 51.9 Å². The predicted molar refractivity (Wildman–Crippen MR) is 154 cm³/mol. The Labute approximate surface area is 249 Å². The number of ether oxygens (including phenoxy) is 4. The van der Waals surface area contributed by atoms with Crippen LogP contribution in [0.1, 0.15) is 45.4 Å². The molecule has 240 valence electrons. The minimum absolute atomic E-state index is 0.0258. The zero-order valence-corrected chi connectivity index (χ0v) is 25.3. The summed E-state index contributed by atoms with van der Waals surface area (Å²) in [6, 6.07) is -0.0258. The SMILES string of the molecule is CCOC1NC(N2CCN(C(=O)OC)CC2)CCC1C(=O)NC[C@@H](O)[C@@H]1CC2CCC(OCC3CNCO3)CC2CN1. The van der Waals surface area contributed by atoms with E-state index in [0.717, 1.165) is 58.3 Å². The number of rotatable bonds is 10. The molecule has 1 aliphatic carbocycles. The molecule has 4 heterocycles. The van der Waals surface area contributed by atoms with Crippen molar-refractivity contribution in [3.05, 3.63) is 0 Å². The highest BCUT2D eigenvalue weighted by atomic mass is 16.6. The number of nitrogens with one attached hydrogen (secondary N) is 4. The van der Waals surface area contributed by atoms with Crippen molar-refractivity contribution in [3.63, 3.8) is 0 Å². The van der Waals surface area contributed by atoms with Crippen LogP contribution in [0.5, 0.6) is 0 Å². The first-order valence-corrected chi connectivity index (χ1v) is 16.0. The van der Waals surface area contributed by atoms with Crippen LogP contribution in [-0.4, -0.2) is 137 Å². The Morgan fingerprint density at radius 1 is 1.05 bits per heavy atom. The number of aliphatic hydroxyl groups excluding tert-OH is 1. The molecule has 42 heavy (non-hydrogen) atoms. The lowest BCUT2D eigenvalue weighted by Crippen LogP contribution is -2.62. The largest absolute Gasteiger partial charge is 0.453 e. The van der Waals surface area contributed by atoms with Crippen LogP contribution in [0.15, 0.2) is 0 Å². The highest BCUT2D eigenvalue weighted by molar-refractivity contribution is 5.79. The maximum Gasteiger partial charge on any atom is 0.409 e. The monoisotopic (exact) mass is 596 g/mol. The van der Waals surface area contributed by atoms with Gasteiger partial charge in [-0.05, 0) is 63.8 Å². The van der Waals surface area contributed by atoms with E-state index >= 15 is 0 Å². The summed E-state index contributed by atoms with van der Waals surface area (Å²) in [5, 5.41) is 24.3. The van der Waals surface area contributed by atoms with Crippen LogP contribution in [0.25, 0.3) is 0 Å². The maximum absolute atomic E-state index is 13.3.